The van der Waals surface area contributed by atoms with Gasteiger partial charge in [-0.05, 0) is 37.1 Å². The van der Waals surface area contributed by atoms with E-state index in [0.717, 1.165) is 12.1 Å². The van der Waals surface area contributed by atoms with Gasteiger partial charge in [-0.1, -0.05) is 24.3 Å². The zero-order valence-electron chi connectivity index (χ0n) is 12.3. The van der Waals surface area contributed by atoms with Gasteiger partial charge in [0, 0.05) is 47.5 Å². The predicted octanol–water partition coefficient (Wildman–Crippen LogP) is 2.96. The van der Waals surface area contributed by atoms with Gasteiger partial charge in [0.15, 0.2) is 0 Å². The van der Waals surface area contributed by atoms with Crippen LogP contribution in [0.3, 0.4) is 0 Å². The first-order chi connectivity index (χ1) is 10.3. The van der Waals surface area contributed by atoms with Crippen molar-refractivity contribution in [3.63, 3.8) is 0 Å². The molecule has 0 atom stereocenters. The van der Waals surface area contributed by atoms with E-state index >= 15 is 0 Å². The van der Waals surface area contributed by atoms with E-state index in [1.807, 2.05) is 0 Å². The van der Waals surface area contributed by atoms with Gasteiger partial charge in [-0.15, -0.1) is 0 Å². The number of nitrogens with zero attached hydrogens (tertiary/aromatic N) is 1. The third-order valence-corrected chi connectivity index (χ3v) is 4.19. The number of aliphatic hydroxyl groups is 2. The molecule has 0 aliphatic carbocycles. The number of aryl methyl sites for hydroxylation is 1. The zero-order chi connectivity index (χ0) is 14.8. The highest BCUT2D eigenvalue weighted by Gasteiger charge is 2.12. The molecule has 3 nitrogen and oxygen atoms in total. The molecule has 0 unspecified atom stereocenters. The van der Waals surface area contributed by atoms with E-state index in [2.05, 4.69) is 54.0 Å². The standard InChI is InChI=1S/C18H21NO2/c1-2-19-17-6-4-3-5-15(17)16-10-13(7-8-18(16)19)9-14(11-20)12-21/h3-8,10,14,20-21H,2,9,11-12H2,1H3. The molecule has 0 saturated carbocycles. The fraction of sp³-hybridized carbons (Fsp3) is 0.333. The number of fused-ring (bicyclic) bond motifs is 3. The van der Waals surface area contributed by atoms with Crippen LogP contribution in [0.1, 0.15) is 12.5 Å². The van der Waals surface area contributed by atoms with Crippen molar-refractivity contribution in [2.45, 2.75) is 19.9 Å². The Bertz CT molecular complexity index is 756. The highest BCUT2D eigenvalue weighted by molar-refractivity contribution is 6.08. The summed E-state index contributed by atoms with van der Waals surface area (Å²) < 4.78 is 2.32. The second-order valence-corrected chi connectivity index (χ2v) is 5.55. The van der Waals surface area contributed by atoms with E-state index in [4.69, 9.17) is 0 Å². The lowest BCUT2D eigenvalue weighted by atomic mass is 9.99. The number of hydrogen-bond acceptors (Lipinski definition) is 2. The smallest absolute Gasteiger partial charge is 0.0491 e. The third kappa shape index (κ3) is 2.43. The Hall–Kier alpha value is -1.84. The Balaban J connectivity index is 2.15. The van der Waals surface area contributed by atoms with Crippen LogP contribution in [0, 0.1) is 5.92 Å². The Morgan fingerprint density at radius 3 is 2.38 bits per heavy atom. The minimum atomic E-state index is -0.0815. The minimum absolute atomic E-state index is 0.0191. The highest BCUT2D eigenvalue weighted by Crippen LogP contribution is 2.30. The quantitative estimate of drug-likeness (QED) is 0.756. The Morgan fingerprint density at radius 1 is 0.952 bits per heavy atom. The molecule has 0 aliphatic heterocycles. The van der Waals surface area contributed by atoms with Crippen molar-refractivity contribution < 1.29 is 10.2 Å². The first-order valence-electron chi connectivity index (χ1n) is 7.50. The molecule has 110 valence electrons. The molecule has 0 spiro atoms. The summed E-state index contributed by atoms with van der Waals surface area (Å²) in [5.74, 6) is -0.0815. The van der Waals surface area contributed by atoms with E-state index in [-0.39, 0.29) is 19.1 Å². The summed E-state index contributed by atoms with van der Waals surface area (Å²) in [7, 11) is 0. The van der Waals surface area contributed by atoms with Crippen LogP contribution in [-0.2, 0) is 13.0 Å². The number of hydrogen-bond donors (Lipinski definition) is 2. The van der Waals surface area contributed by atoms with Crippen LogP contribution in [-0.4, -0.2) is 28.0 Å². The van der Waals surface area contributed by atoms with Gasteiger partial charge in [0.05, 0.1) is 0 Å². The molecular formula is C18H21NO2. The summed E-state index contributed by atoms with van der Waals surface area (Å²) in [5.41, 5.74) is 3.66. The Morgan fingerprint density at radius 2 is 1.67 bits per heavy atom. The molecule has 0 fully saturated rings. The van der Waals surface area contributed by atoms with Crippen molar-refractivity contribution in [3.05, 3.63) is 48.0 Å². The fourth-order valence-corrected chi connectivity index (χ4v) is 3.09. The van der Waals surface area contributed by atoms with Gasteiger partial charge in [-0.25, -0.2) is 0 Å². The SMILES string of the molecule is CCn1c2ccccc2c2cc(CC(CO)CO)ccc21. The van der Waals surface area contributed by atoms with Gasteiger partial charge in [-0.2, -0.15) is 0 Å². The maximum Gasteiger partial charge on any atom is 0.0491 e. The molecule has 0 radical (unpaired) electrons. The highest BCUT2D eigenvalue weighted by atomic mass is 16.3. The van der Waals surface area contributed by atoms with Gasteiger partial charge in [0.2, 0.25) is 0 Å². The van der Waals surface area contributed by atoms with Gasteiger partial charge < -0.3 is 14.8 Å². The first kappa shape index (κ1) is 14.1. The van der Waals surface area contributed by atoms with Gasteiger partial charge in [-0.3, -0.25) is 0 Å². The van der Waals surface area contributed by atoms with Gasteiger partial charge in [0.1, 0.15) is 0 Å². The summed E-state index contributed by atoms with van der Waals surface area (Å²) in [5, 5.41) is 21.0. The molecule has 3 aromatic rings. The van der Waals surface area contributed by atoms with Crippen LogP contribution in [0.2, 0.25) is 0 Å². The fourth-order valence-electron chi connectivity index (χ4n) is 3.09. The van der Waals surface area contributed by atoms with Crippen molar-refractivity contribution in [2.24, 2.45) is 5.92 Å². The third-order valence-electron chi connectivity index (χ3n) is 4.19. The van der Waals surface area contributed by atoms with Gasteiger partial charge in [0.25, 0.3) is 0 Å². The summed E-state index contributed by atoms with van der Waals surface area (Å²) in [6.07, 6.45) is 0.703. The average Bonchev–Trinajstić information content (AvgIpc) is 2.85. The second-order valence-electron chi connectivity index (χ2n) is 5.55. The van der Waals surface area contributed by atoms with Crippen LogP contribution < -0.4 is 0 Å². The monoisotopic (exact) mass is 283 g/mol. The van der Waals surface area contributed by atoms with Crippen molar-refractivity contribution in [3.8, 4) is 0 Å². The normalized spacial score (nSPS) is 11.8. The minimum Gasteiger partial charge on any atom is -0.396 e. The van der Waals surface area contributed by atoms with E-state index in [1.54, 1.807) is 0 Å². The van der Waals surface area contributed by atoms with Crippen LogP contribution in [0.5, 0.6) is 0 Å². The lowest BCUT2D eigenvalue weighted by molar-refractivity contribution is 0.150. The summed E-state index contributed by atoms with van der Waals surface area (Å²) in [4.78, 5) is 0. The van der Waals surface area contributed by atoms with E-state index in [0.29, 0.717) is 6.42 Å². The number of aromatic nitrogens is 1. The molecule has 2 N–H and O–H groups in total. The van der Waals surface area contributed by atoms with Crippen LogP contribution in [0.4, 0.5) is 0 Å². The largest absolute Gasteiger partial charge is 0.396 e. The summed E-state index contributed by atoms with van der Waals surface area (Å²) in [6.45, 7) is 3.14. The molecule has 1 aromatic heterocycles. The molecule has 0 saturated heterocycles. The molecule has 1 heterocycles. The Labute approximate surface area is 124 Å². The topological polar surface area (TPSA) is 45.4 Å². The molecule has 2 aromatic carbocycles. The zero-order valence-corrected chi connectivity index (χ0v) is 12.3. The molecule has 0 aliphatic rings. The molecule has 3 heteroatoms. The number of aliphatic hydroxyl groups excluding tert-OH is 2. The molecule has 0 bridgehead atoms. The van der Waals surface area contributed by atoms with Crippen molar-refractivity contribution in [1.82, 2.24) is 4.57 Å². The van der Waals surface area contributed by atoms with E-state index in [9.17, 15) is 10.2 Å². The van der Waals surface area contributed by atoms with Crippen LogP contribution in [0.15, 0.2) is 42.5 Å². The van der Waals surface area contributed by atoms with Crippen LogP contribution in [0.25, 0.3) is 21.8 Å². The second kappa shape index (κ2) is 5.88. The van der Waals surface area contributed by atoms with Gasteiger partial charge >= 0.3 is 0 Å². The molecule has 0 amide bonds. The van der Waals surface area contributed by atoms with E-state index < -0.39 is 0 Å². The maximum atomic E-state index is 9.25. The predicted molar refractivity (Wildman–Crippen MR) is 86.5 cm³/mol. The van der Waals surface area contributed by atoms with Crippen molar-refractivity contribution in [2.75, 3.05) is 13.2 Å². The molecule has 21 heavy (non-hydrogen) atoms. The summed E-state index contributed by atoms with van der Waals surface area (Å²) in [6, 6.07) is 14.9. The average molecular weight is 283 g/mol. The lowest BCUT2D eigenvalue weighted by Gasteiger charge is -2.11. The number of benzene rings is 2. The first-order valence-corrected chi connectivity index (χ1v) is 7.50. The van der Waals surface area contributed by atoms with E-state index in [1.165, 1.54) is 21.8 Å². The van der Waals surface area contributed by atoms with Crippen molar-refractivity contribution in [1.29, 1.82) is 0 Å². The molecule has 3 rings (SSSR count). The maximum absolute atomic E-state index is 9.25. The lowest BCUT2D eigenvalue weighted by Crippen LogP contribution is -2.13. The number of rotatable bonds is 5. The number of para-hydroxylation sites is 1. The summed E-state index contributed by atoms with van der Waals surface area (Å²) >= 11 is 0. The Kier molecular flexibility index (Phi) is 3.95. The molecular weight excluding hydrogens is 262 g/mol. The van der Waals surface area contributed by atoms with Crippen molar-refractivity contribution >= 4 is 21.8 Å². The van der Waals surface area contributed by atoms with Crippen LogP contribution >= 0.6 is 0 Å².